The van der Waals surface area contributed by atoms with Crippen LogP contribution in [-0.4, -0.2) is 21.8 Å². The second kappa shape index (κ2) is 19.1. The monoisotopic (exact) mass is 669 g/mol. The summed E-state index contributed by atoms with van der Waals surface area (Å²) in [7, 11) is 0. The molecule has 48 heavy (non-hydrogen) atoms. The molecule has 0 aliphatic heterocycles. The average molecular weight is 669 g/mol. The second-order valence-electron chi connectivity index (χ2n) is 18.9. The minimum atomic E-state index is -0.656. The largest absolute Gasteiger partial charge is 0.481 e. The number of carbonyl (C=O) groups is 1. The Bertz CT molecular complexity index is 985. The standard InChI is InChI=1S/C45H80O3/c1-35(2)22-21-23-36(3)39-27-28-40-38-26-25-37-34-45(48,33-32-43(37,4)41(38)29-31-44(39,40)5)30-20-18-16-14-12-10-8-6-7-9-11-13-15-17-19-24-42(46)47/h25,35-36,38-41,48H,6-24,26-34H2,1-5H3,(H,46,47)/t36-,38+,39-,40+,41+,43+,44-,45?/m1/s1. The molecule has 0 heterocycles. The number of hydrogen-bond acceptors (Lipinski definition) is 2. The third-order valence-electron chi connectivity index (χ3n) is 15.0. The van der Waals surface area contributed by atoms with Crippen LogP contribution in [0.1, 0.15) is 214 Å². The minimum absolute atomic E-state index is 0.333. The number of fused-ring (bicyclic) bond motifs is 5. The zero-order chi connectivity index (χ0) is 34.6. The lowest BCUT2D eigenvalue weighted by Crippen LogP contribution is -2.52. The molecule has 4 aliphatic rings. The van der Waals surface area contributed by atoms with E-state index >= 15 is 0 Å². The van der Waals surface area contributed by atoms with Gasteiger partial charge >= 0.3 is 5.97 Å². The highest BCUT2D eigenvalue weighted by atomic mass is 16.4. The SMILES string of the molecule is CC(C)CCC[C@@H](C)[C@H]1CC[C@H]2[C@@H]3CC=C4CC(O)(CCCCCCCCCCCCCCCCCC(=O)O)CC[C@]4(C)[C@H]3CC[C@]12C. The van der Waals surface area contributed by atoms with Crippen molar-refractivity contribution in [2.45, 2.75) is 220 Å². The van der Waals surface area contributed by atoms with Gasteiger partial charge in [0.1, 0.15) is 0 Å². The number of carboxylic acid groups (broad SMARTS) is 1. The third-order valence-corrected chi connectivity index (χ3v) is 15.0. The van der Waals surface area contributed by atoms with Crippen molar-refractivity contribution < 1.29 is 15.0 Å². The van der Waals surface area contributed by atoms with Crippen LogP contribution < -0.4 is 0 Å². The van der Waals surface area contributed by atoms with E-state index in [2.05, 4.69) is 40.7 Å². The highest BCUT2D eigenvalue weighted by Gasteiger charge is 2.59. The molecule has 0 aromatic carbocycles. The van der Waals surface area contributed by atoms with E-state index in [1.165, 1.54) is 141 Å². The van der Waals surface area contributed by atoms with E-state index in [1.54, 1.807) is 5.57 Å². The molecule has 278 valence electrons. The van der Waals surface area contributed by atoms with Crippen LogP contribution in [-0.2, 0) is 4.79 Å². The fourth-order valence-corrected chi connectivity index (χ4v) is 12.0. The summed E-state index contributed by atoms with van der Waals surface area (Å²) in [5, 5.41) is 20.5. The maximum atomic E-state index is 11.8. The molecule has 4 rings (SSSR count). The van der Waals surface area contributed by atoms with Crippen LogP contribution in [0.5, 0.6) is 0 Å². The summed E-state index contributed by atoms with van der Waals surface area (Å²) in [4.78, 5) is 10.6. The summed E-state index contributed by atoms with van der Waals surface area (Å²) in [6, 6.07) is 0. The molecule has 0 amide bonds. The van der Waals surface area contributed by atoms with Gasteiger partial charge in [0.2, 0.25) is 0 Å². The molecule has 0 radical (unpaired) electrons. The predicted molar refractivity (Wildman–Crippen MR) is 204 cm³/mol. The minimum Gasteiger partial charge on any atom is -0.481 e. The van der Waals surface area contributed by atoms with Gasteiger partial charge in [0.25, 0.3) is 0 Å². The lowest BCUT2D eigenvalue weighted by Gasteiger charge is -2.59. The fourth-order valence-electron chi connectivity index (χ4n) is 12.0. The molecule has 3 saturated carbocycles. The Hall–Kier alpha value is -0.830. The molecule has 4 aliphatic carbocycles. The van der Waals surface area contributed by atoms with E-state index in [9.17, 15) is 9.90 Å². The molecule has 8 atom stereocenters. The first kappa shape index (κ1) is 39.9. The number of rotatable bonds is 23. The summed E-state index contributed by atoms with van der Waals surface area (Å²) in [6.45, 7) is 12.7. The molecular formula is C45H80O3. The Morgan fingerprint density at radius 3 is 1.90 bits per heavy atom. The van der Waals surface area contributed by atoms with Crippen molar-refractivity contribution in [3.8, 4) is 0 Å². The third kappa shape index (κ3) is 10.8. The summed E-state index contributed by atoms with van der Waals surface area (Å²) in [5.74, 6) is 4.64. The number of allylic oxidation sites excluding steroid dienone is 1. The van der Waals surface area contributed by atoms with Crippen molar-refractivity contribution in [1.29, 1.82) is 0 Å². The van der Waals surface area contributed by atoms with E-state index in [1.807, 2.05) is 0 Å². The second-order valence-corrected chi connectivity index (χ2v) is 18.9. The molecular weight excluding hydrogens is 588 g/mol. The van der Waals surface area contributed by atoms with Gasteiger partial charge in [0.05, 0.1) is 5.60 Å². The van der Waals surface area contributed by atoms with Crippen LogP contribution in [0, 0.1) is 46.3 Å². The van der Waals surface area contributed by atoms with Crippen LogP contribution in [0.25, 0.3) is 0 Å². The molecule has 0 saturated heterocycles. The zero-order valence-corrected chi connectivity index (χ0v) is 32.6. The van der Waals surface area contributed by atoms with Crippen molar-refractivity contribution in [2.75, 3.05) is 0 Å². The number of carboxylic acids is 1. The molecule has 3 nitrogen and oxygen atoms in total. The van der Waals surface area contributed by atoms with Gasteiger partial charge in [-0.3, -0.25) is 4.79 Å². The topological polar surface area (TPSA) is 57.5 Å². The Labute approximate surface area is 298 Å². The van der Waals surface area contributed by atoms with E-state index in [-0.39, 0.29) is 0 Å². The Morgan fingerprint density at radius 2 is 1.31 bits per heavy atom. The fraction of sp³-hybridized carbons (Fsp3) is 0.933. The average Bonchev–Trinajstić information content (AvgIpc) is 3.40. The molecule has 0 aromatic rings. The van der Waals surface area contributed by atoms with E-state index in [0.29, 0.717) is 17.3 Å². The summed E-state index contributed by atoms with van der Waals surface area (Å²) in [5.41, 5.74) is 2.08. The van der Waals surface area contributed by atoms with Crippen molar-refractivity contribution in [1.82, 2.24) is 0 Å². The lowest BCUT2D eigenvalue weighted by atomic mass is 9.46. The zero-order valence-electron chi connectivity index (χ0n) is 32.6. The van der Waals surface area contributed by atoms with Crippen LogP contribution in [0.4, 0.5) is 0 Å². The van der Waals surface area contributed by atoms with Gasteiger partial charge in [-0.05, 0) is 111 Å². The van der Waals surface area contributed by atoms with Gasteiger partial charge in [-0.15, -0.1) is 0 Å². The normalized spacial score (nSPS) is 33.6. The Kier molecular flexibility index (Phi) is 15.9. The quantitative estimate of drug-likeness (QED) is 0.0841. The van der Waals surface area contributed by atoms with Crippen LogP contribution >= 0.6 is 0 Å². The maximum absolute atomic E-state index is 11.8. The molecule has 3 fully saturated rings. The first-order valence-corrected chi connectivity index (χ1v) is 21.6. The first-order valence-electron chi connectivity index (χ1n) is 21.6. The smallest absolute Gasteiger partial charge is 0.303 e. The molecule has 2 N–H and O–H groups in total. The molecule has 0 bridgehead atoms. The first-order chi connectivity index (χ1) is 23.0. The van der Waals surface area contributed by atoms with Crippen molar-refractivity contribution in [3.05, 3.63) is 11.6 Å². The highest BCUT2D eigenvalue weighted by molar-refractivity contribution is 5.66. The number of hydrogen-bond donors (Lipinski definition) is 2. The molecule has 0 aromatic heterocycles. The molecule has 1 unspecified atom stereocenters. The molecule has 0 spiro atoms. The van der Waals surface area contributed by atoms with Gasteiger partial charge in [-0.25, -0.2) is 0 Å². The predicted octanol–water partition coefficient (Wildman–Crippen LogP) is 13.5. The van der Waals surface area contributed by atoms with Crippen LogP contribution in [0.2, 0.25) is 0 Å². The van der Waals surface area contributed by atoms with Crippen LogP contribution in [0.15, 0.2) is 11.6 Å². The van der Waals surface area contributed by atoms with Gasteiger partial charge in [0.15, 0.2) is 0 Å². The Balaban J connectivity index is 1.09. The van der Waals surface area contributed by atoms with Gasteiger partial charge in [-0.1, -0.05) is 155 Å². The summed E-state index contributed by atoms with van der Waals surface area (Å²) >= 11 is 0. The van der Waals surface area contributed by atoms with E-state index in [0.717, 1.165) is 67.6 Å². The van der Waals surface area contributed by atoms with Crippen LogP contribution in [0.3, 0.4) is 0 Å². The number of unbranched alkanes of at least 4 members (excludes halogenated alkanes) is 14. The van der Waals surface area contributed by atoms with Crippen molar-refractivity contribution >= 4 is 5.97 Å². The maximum Gasteiger partial charge on any atom is 0.303 e. The number of aliphatic carboxylic acids is 1. The Morgan fingerprint density at radius 1 is 0.729 bits per heavy atom. The van der Waals surface area contributed by atoms with Gasteiger partial charge < -0.3 is 10.2 Å². The number of aliphatic hydroxyl groups is 1. The van der Waals surface area contributed by atoms with Gasteiger partial charge in [-0.2, -0.15) is 0 Å². The van der Waals surface area contributed by atoms with Crippen molar-refractivity contribution in [2.24, 2.45) is 46.3 Å². The van der Waals surface area contributed by atoms with E-state index in [4.69, 9.17) is 5.11 Å². The van der Waals surface area contributed by atoms with Gasteiger partial charge in [0, 0.05) is 6.42 Å². The van der Waals surface area contributed by atoms with Crippen molar-refractivity contribution in [3.63, 3.8) is 0 Å². The molecule has 3 heteroatoms. The highest BCUT2D eigenvalue weighted by Crippen LogP contribution is 2.68. The summed E-state index contributed by atoms with van der Waals surface area (Å²) in [6.07, 6.45) is 37.6. The van der Waals surface area contributed by atoms with E-state index < -0.39 is 11.6 Å². The summed E-state index contributed by atoms with van der Waals surface area (Å²) < 4.78 is 0. The lowest BCUT2D eigenvalue weighted by molar-refractivity contribution is -0.137.